The Bertz CT molecular complexity index is 1540. The first-order valence-electron chi connectivity index (χ1n) is 9.80. The lowest BCUT2D eigenvalue weighted by molar-refractivity contribution is -0.144. The van der Waals surface area contributed by atoms with Crippen LogP contribution in [0.4, 0.5) is 18.9 Å². The lowest BCUT2D eigenvalue weighted by Gasteiger charge is -2.12. The highest BCUT2D eigenvalue weighted by Gasteiger charge is 2.36. The molecule has 0 aliphatic heterocycles. The van der Waals surface area contributed by atoms with Gasteiger partial charge < -0.3 is 31.2 Å². The third-order valence-corrected chi connectivity index (χ3v) is 4.50. The second kappa shape index (κ2) is 9.10. The van der Waals surface area contributed by atoms with Gasteiger partial charge in [-0.1, -0.05) is 12.1 Å². The van der Waals surface area contributed by atoms with E-state index < -0.39 is 46.9 Å². The summed E-state index contributed by atoms with van der Waals surface area (Å²) in [6.45, 7) is 0. The number of rotatable bonds is 6. The SMILES string of the molecule is N#Cc1ccc(C(N)=O)c(Oc2nc(Oc3ccccc3NC(=N)N)nc3[nH]c(C(F)(F)F)nc23)c1. The van der Waals surface area contributed by atoms with Gasteiger partial charge in [0.1, 0.15) is 5.75 Å². The average molecular weight is 497 g/mol. The molecule has 0 fully saturated rings. The minimum Gasteiger partial charge on any atom is -0.436 e. The van der Waals surface area contributed by atoms with E-state index in [0.717, 1.165) is 6.07 Å². The minimum absolute atomic E-state index is 0.0814. The number of aromatic amines is 1. The summed E-state index contributed by atoms with van der Waals surface area (Å²) >= 11 is 0. The molecule has 0 saturated carbocycles. The Kier molecular flexibility index (Phi) is 6.00. The number of para-hydroxylation sites is 2. The number of carbonyl (C=O) groups excluding carboxylic acids is 1. The summed E-state index contributed by atoms with van der Waals surface area (Å²) < 4.78 is 51.2. The summed E-state index contributed by atoms with van der Waals surface area (Å²) in [5.74, 6) is -3.38. The zero-order valence-corrected chi connectivity index (χ0v) is 17.8. The van der Waals surface area contributed by atoms with Gasteiger partial charge in [-0.25, -0.2) is 4.98 Å². The number of ether oxygens (including phenoxy) is 2. The molecule has 182 valence electrons. The van der Waals surface area contributed by atoms with E-state index in [4.69, 9.17) is 26.4 Å². The van der Waals surface area contributed by atoms with Crippen molar-refractivity contribution in [2.24, 2.45) is 11.5 Å². The molecule has 1 amide bonds. The Morgan fingerprint density at radius 3 is 2.50 bits per heavy atom. The lowest BCUT2D eigenvalue weighted by Crippen LogP contribution is -2.20. The first kappa shape index (κ1) is 23.8. The van der Waals surface area contributed by atoms with Gasteiger partial charge in [-0.2, -0.15) is 28.4 Å². The number of nitrogens with one attached hydrogen (secondary N) is 3. The van der Waals surface area contributed by atoms with Crippen LogP contribution in [0.5, 0.6) is 23.4 Å². The molecule has 0 saturated heterocycles. The van der Waals surface area contributed by atoms with Gasteiger partial charge in [0, 0.05) is 0 Å². The third-order valence-electron chi connectivity index (χ3n) is 4.50. The Balaban J connectivity index is 1.85. The number of imidazole rings is 1. The minimum atomic E-state index is -4.85. The van der Waals surface area contributed by atoms with Crippen LogP contribution in [0.15, 0.2) is 42.5 Å². The number of nitrogens with zero attached hydrogens (tertiary/aromatic N) is 4. The van der Waals surface area contributed by atoms with E-state index in [9.17, 15) is 23.2 Å². The zero-order valence-electron chi connectivity index (χ0n) is 17.8. The monoisotopic (exact) mass is 497 g/mol. The van der Waals surface area contributed by atoms with E-state index in [2.05, 4.69) is 20.3 Å². The van der Waals surface area contributed by atoms with Crippen molar-refractivity contribution < 1.29 is 27.4 Å². The maximum atomic E-state index is 13.3. The molecule has 4 rings (SSSR count). The summed E-state index contributed by atoms with van der Waals surface area (Å²) in [5.41, 5.74) is 10.1. The number of fused-ring (bicyclic) bond motifs is 1. The highest BCUT2D eigenvalue weighted by molar-refractivity contribution is 5.96. The van der Waals surface area contributed by atoms with Crippen LogP contribution in [-0.4, -0.2) is 31.8 Å². The number of aromatic nitrogens is 4. The summed E-state index contributed by atoms with van der Waals surface area (Å²) in [6, 6.07) is 11.3. The van der Waals surface area contributed by atoms with Crippen LogP contribution >= 0.6 is 0 Å². The number of H-pyrrole nitrogens is 1. The second-order valence-corrected chi connectivity index (χ2v) is 7.02. The molecule has 0 aliphatic rings. The van der Waals surface area contributed by atoms with Gasteiger partial charge in [-0.3, -0.25) is 10.2 Å². The van der Waals surface area contributed by atoms with Crippen molar-refractivity contribution in [1.29, 1.82) is 10.7 Å². The first-order chi connectivity index (χ1) is 17.0. The van der Waals surface area contributed by atoms with Crippen LogP contribution in [-0.2, 0) is 6.18 Å². The number of nitriles is 1. The number of anilines is 1. The van der Waals surface area contributed by atoms with E-state index in [0.29, 0.717) is 0 Å². The average Bonchev–Trinajstić information content (AvgIpc) is 3.25. The quantitative estimate of drug-likeness (QED) is 0.196. The number of primary amides is 1. The van der Waals surface area contributed by atoms with E-state index in [1.165, 1.54) is 24.3 Å². The number of amides is 1. The second-order valence-electron chi connectivity index (χ2n) is 7.02. The van der Waals surface area contributed by atoms with Crippen LogP contribution in [0.2, 0.25) is 0 Å². The van der Waals surface area contributed by atoms with Gasteiger partial charge in [0.05, 0.1) is 22.9 Å². The molecule has 0 atom stereocenters. The predicted octanol–water partition coefficient (Wildman–Crippen LogP) is 3.23. The normalized spacial score (nSPS) is 11.1. The van der Waals surface area contributed by atoms with Gasteiger partial charge in [0.15, 0.2) is 22.9 Å². The molecule has 12 nitrogen and oxygen atoms in total. The fourth-order valence-corrected chi connectivity index (χ4v) is 2.99. The maximum absolute atomic E-state index is 13.3. The van der Waals surface area contributed by atoms with Crippen molar-refractivity contribution in [2.45, 2.75) is 6.18 Å². The maximum Gasteiger partial charge on any atom is 0.449 e. The molecule has 4 aromatic rings. The molecule has 15 heteroatoms. The molecule has 0 aliphatic carbocycles. The molecule has 0 radical (unpaired) electrons. The van der Waals surface area contributed by atoms with Crippen LogP contribution in [0.25, 0.3) is 11.2 Å². The highest BCUT2D eigenvalue weighted by Crippen LogP contribution is 2.36. The lowest BCUT2D eigenvalue weighted by atomic mass is 10.1. The Morgan fingerprint density at radius 1 is 1.08 bits per heavy atom. The largest absolute Gasteiger partial charge is 0.449 e. The molecule has 2 aromatic heterocycles. The highest BCUT2D eigenvalue weighted by atomic mass is 19.4. The standard InChI is InChI=1S/C21H14F3N9O3/c22-21(23,24)18-30-14-16(31-18)32-20(36-12-4-2-1-3-11(12)29-19(27)28)33-17(14)35-13-7-9(8-25)5-6-10(13)15(26)34/h1-7H,(H2,26,34)(H4,27,28,29)(H,30,31,32,33). The number of benzene rings is 2. The Hall–Kier alpha value is -5.39. The van der Waals surface area contributed by atoms with Crippen LogP contribution < -0.4 is 26.3 Å². The summed E-state index contributed by atoms with van der Waals surface area (Å²) in [7, 11) is 0. The Morgan fingerprint density at radius 2 is 1.83 bits per heavy atom. The van der Waals surface area contributed by atoms with Gasteiger partial charge >= 0.3 is 12.2 Å². The van der Waals surface area contributed by atoms with Gasteiger partial charge in [-0.05, 0) is 30.3 Å². The molecule has 0 spiro atoms. The molecule has 7 N–H and O–H groups in total. The number of alkyl halides is 3. The smallest absolute Gasteiger partial charge is 0.436 e. The number of hydrogen-bond acceptors (Lipinski definition) is 8. The van der Waals surface area contributed by atoms with Crippen LogP contribution in [0.3, 0.4) is 0 Å². The third kappa shape index (κ3) is 4.92. The first-order valence-corrected chi connectivity index (χ1v) is 9.80. The fourth-order valence-electron chi connectivity index (χ4n) is 2.99. The van der Waals surface area contributed by atoms with Crippen molar-refractivity contribution >= 4 is 28.7 Å². The van der Waals surface area contributed by atoms with Crippen molar-refractivity contribution in [3.63, 3.8) is 0 Å². The number of hydrogen-bond donors (Lipinski definition) is 5. The molecular formula is C21H14F3N9O3. The molecular weight excluding hydrogens is 483 g/mol. The van der Waals surface area contributed by atoms with E-state index in [1.54, 1.807) is 12.1 Å². The molecule has 2 aromatic carbocycles. The summed E-state index contributed by atoms with van der Waals surface area (Å²) in [5, 5.41) is 19.1. The van der Waals surface area contributed by atoms with E-state index in [-0.39, 0.29) is 28.3 Å². The topological polar surface area (TPSA) is 202 Å². The summed E-state index contributed by atoms with van der Waals surface area (Å²) in [4.78, 5) is 25.3. The summed E-state index contributed by atoms with van der Waals surface area (Å²) in [6.07, 6.45) is -4.85. The van der Waals surface area contributed by atoms with Gasteiger partial charge in [-0.15, -0.1) is 0 Å². The molecule has 0 bridgehead atoms. The number of nitrogens with two attached hydrogens (primary N) is 2. The zero-order chi connectivity index (χ0) is 26.0. The van der Waals surface area contributed by atoms with Crippen molar-refractivity contribution in [1.82, 2.24) is 19.9 Å². The van der Waals surface area contributed by atoms with E-state index >= 15 is 0 Å². The molecule has 2 heterocycles. The van der Waals surface area contributed by atoms with E-state index in [1.807, 2.05) is 11.1 Å². The van der Waals surface area contributed by atoms with Crippen LogP contribution in [0.1, 0.15) is 21.7 Å². The van der Waals surface area contributed by atoms with Gasteiger partial charge in [0.25, 0.3) is 11.8 Å². The molecule has 36 heavy (non-hydrogen) atoms. The fraction of sp³-hybridized carbons (Fsp3) is 0.0476. The number of halogens is 3. The number of guanidine groups is 1. The van der Waals surface area contributed by atoms with Crippen LogP contribution in [0, 0.1) is 16.7 Å². The Labute approximate surface area is 199 Å². The number of carbonyl (C=O) groups is 1. The molecule has 0 unspecified atom stereocenters. The predicted molar refractivity (Wildman–Crippen MR) is 118 cm³/mol. The van der Waals surface area contributed by atoms with Gasteiger partial charge in [0.2, 0.25) is 5.82 Å². The van der Waals surface area contributed by atoms with Crippen molar-refractivity contribution in [2.75, 3.05) is 5.32 Å². The van der Waals surface area contributed by atoms with Crippen molar-refractivity contribution in [3.05, 3.63) is 59.4 Å². The van der Waals surface area contributed by atoms with Crippen molar-refractivity contribution in [3.8, 4) is 29.5 Å².